The van der Waals surface area contributed by atoms with E-state index in [1.54, 1.807) is 18.2 Å². The van der Waals surface area contributed by atoms with Crippen molar-refractivity contribution in [2.75, 3.05) is 23.3 Å². The van der Waals surface area contributed by atoms with Crippen molar-refractivity contribution in [2.24, 2.45) is 0 Å². The van der Waals surface area contributed by atoms with Crippen LogP contribution in [-0.2, 0) is 21.2 Å². The van der Waals surface area contributed by atoms with Crippen LogP contribution in [0.25, 0.3) is 0 Å². The summed E-state index contributed by atoms with van der Waals surface area (Å²) in [7, 11) is -2.52. The zero-order valence-electron chi connectivity index (χ0n) is 18.1. The van der Waals surface area contributed by atoms with Gasteiger partial charge < -0.3 is 10.1 Å². The minimum Gasteiger partial charge on any atom is -0.496 e. The van der Waals surface area contributed by atoms with Gasteiger partial charge in [0.2, 0.25) is 5.91 Å². The van der Waals surface area contributed by atoms with Gasteiger partial charge in [-0.3, -0.25) is 9.10 Å². The van der Waals surface area contributed by atoms with Crippen molar-refractivity contribution in [3.63, 3.8) is 0 Å². The molecule has 1 N–H and O–H groups in total. The van der Waals surface area contributed by atoms with Gasteiger partial charge in [-0.1, -0.05) is 36.8 Å². The first-order valence-corrected chi connectivity index (χ1v) is 12.3. The first kappa shape index (κ1) is 23.8. The Hall–Kier alpha value is -2.84. The van der Waals surface area contributed by atoms with Crippen LogP contribution < -0.4 is 14.4 Å². The third kappa shape index (κ3) is 5.49. The molecule has 0 fully saturated rings. The molecule has 32 heavy (non-hydrogen) atoms. The van der Waals surface area contributed by atoms with Gasteiger partial charge in [0.15, 0.2) is 0 Å². The Morgan fingerprint density at radius 2 is 1.69 bits per heavy atom. The maximum absolute atomic E-state index is 13.5. The fourth-order valence-corrected chi connectivity index (χ4v) is 5.26. The number of amides is 1. The number of carbonyl (C=O) groups is 1. The number of methoxy groups -OCH3 is 1. The zero-order chi connectivity index (χ0) is 23.3. The molecule has 0 aliphatic carbocycles. The average Bonchev–Trinajstić information content (AvgIpc) is 2.78. The third-order valence-electron chi connectivity index (χ3n) is 4.97. The van der Waals surface area contributed by atoms with E-state index in [9.17, 15) is 13.2 Å². The van der Waals surface area contributed by atoms with Crippen molar-refractivity contribution < 1.29 is 17.9 Å². The molecule has 3 rings (SSSR count). The van der Waals surface area contributed by atoms with E-state index in [0.29, 0.717) is 21.6 Å². The Balaban J connectivity index is 1.93. The normalized spacial score (nSPS) is 11.1. The fraction of sp³-hybridized carbons (Fsp3) is 0.208. The first-order valence-electron chi connectivity index (χ1n) is 10.1. The van der Waals surface area contributed by atoms with Crippen molar-refractivity contribution in [3.05, 3.63) is 82.3 Å². The number of hydrogen-bond acceptors (Lipinski definition) is 4. The molecule has 0 aromatic heterocycles. The lowest BCUT2D eigenvalue weighted by Crippen LogP contribution is -2.38. The smallest absolute Gasteiger partial charge is 0.264 e. The predicted molar refractivity (Wildman–Crippen MR) is 131 cm³/mol. The van der Waals surface area contributed by atoms with Crippen LogP contribution in [0.5, 0.6) is 5.75 Å². The number of aryl methyl sites for hydroxylation is 2. The van der Waals surface area contributed by atoms with Gasteiger partial charge >= 0.3 is 0 Å². The molecule has 0 bridgehead atoms. The van der Waals surface area contributed by atoms with Crippen molar-refractivity contribution >= 4 is 43.2 Å². The number of hydrogen-bond donors (Lipinski definition) is 1. The van der Waals surface area contributed by atoms with Gasteiger partial charge in [-0.05, 0) is 77.3 Å². The summed E-state index contributed by atoms with van der Waals surface area (Å²) in [5.41, 5.74) is 3.15. The number of carbonyl (C=O) groups excluding carboxylic acids is 1. The topological polar surface area (TPSA) is 75.7 Å². The van der Waals surface area contributed by atoms with Gasteiger partial charge in [-0.25, -0.2) is 8.42 Å². The molecule has 0 radical (unpaired) electrons. The number of nitrogens with one attached hydrogen (secondary N) is 1. The largest absolute Gasteiger partial charge is 0.496 e. The molecule has 0 aliphatic heterocycles. The molecular formula is C24H25BrN2O4S. The van der Waals surface area contributed by atoms with Crippen LogP contribution in [-0.4, -0.2) is 28.0 Å². The molecule has 0 spiro atoms. The zero-order valence-corrected chi connectivity index (χ0v) is 20.5. The van der Waals surface area contributed by atoms with E-state index in [1.165, 1.54) is 19.2 Å². The number of rotatable bonds is 8. The lowest BCUT2D eigenvalue weighted by atomic mass is 10.1. The first-order chi connectivity index (χ1) is 15.2. The van der Waals surface area contributed by atoms with E-state index in [1.807, 2.05) is 43.3 Å². The van der Waals surface area contributed by atoms with Crippen molar-refractivity contribution in [1.29, 1.82) is 0 Å². The standard InChI is InChI=1S/C24H25BrN2O4S/c1-4-18-7-9-19(10-8-18)26-24(28)16-27(20-11-5-17(2)6-12-20)32(29,30)21-13-14-23(31-3)22(25)15-21/h5-15H,4,16H2,1-3H3,(H,26,28). The Bertz CT molecular complexity index is 1190. The summed E-state index contributed by atoms with van der Waals surface area (Å²) >= 11 is 3.33. The maximum Gasteiger partial charge on any atom is 0.264 e. The Labute approximate surface area is 197 Å². The van der Waals surface area contributed by atoms with Gasteiger partial charge in [0.1, 0.15) is 12.3 Å². The SMILES string of the molecule is CCc1ccc(NC(=O)CN(c2ccc(C)cc2)S(=O)(=O)c2ccc(OC)c(Br)c2)cc1. The molecule has 0 aliphatic rings. The van der Waals surface area contributed by atoms with E-state index >= 15 is 0 Å². The van der Waals surface area contributed by atoms with Gasteiger partial charge in [-0.15, -0.1) is 0 Å². The second-order valence-electron chi connectivity index (χ2n) is 7.24. The van der Waals surface area contributed by atoms with Crippen LogP contribution in [0, 0.1) is 6.92 Å². The lowest BCUT2D eigenvalue weighted by Gasteiger charge is -2.24. The van der Waals surface area contributed by atoms with Gasteiger partial charge in [0.25, 0.3) is 10.0 Å². The monoisotopic (exact) mass is 516 g/mol. The van der Waals surface area contributed by atoms with Gasteiger partial charge in [-0.2, -0.15) is 0 Å². The highest BCUT2D eigenvalue weighted by atomic mass is 79.9. The maximum atomic E-state index is 13.5. The summed E-state index contributed by atoms with van der Waals surface area (Å²) in [5.74, 6) is 0.0741. The number of ether oxygens (including phenoxy) is 1. The minimum absolute atomic E-state index is 0.0471. The molecule has 0 atom stereocenters. The van der Waals surface area contributed by atoms with E-state index in [2.05, 4.69) is 28.2 Å². The van der Waals surface area contributed by atoms with Crippen LogP contribution in [0.2, 0.25) is 0 Å². The van der Waals surface area contributed by atoms with Crippen molar-refractivity contribution in [1.82, 2.24) is 0 Å². The molecule has 3 aromatic rings. The van der Waals surface area contributed by atoms with Crippen molar-refractivity contribution in [3.8, 4) is 5.75 Å². The summed E-state index contributed by atoms with van der Waals surface area (Å²) in [6.45, 7) is 3.59. The molecule has 0 saturated heterocycles. The summed E-state index contributed by atoms with van der Waals surface area (Å²) < 4.78 is 33.9. The van der Waals surface area contributed by atoms with Gasteiger partial charge in [0.05, 0.1) is 22.2 Å². The number of benzene rings is 3. The molecule has 0 saturated carbocycles. The summed E-state index contributed by atoms with van der Waals surface area (Å²) in [4.78, 5) is 12.9. The highest BCUT2D eigenvalue weighted by molar-refractivity contribution is 9.10. The van der Waals surface area contributed by atoms with E-state index in [4.69, 9.17) is 4.74 Å². The second kappa shape index (κ2) is 10.2. The predicted octanol–water partition coefficient (Wildman–Crippen LogP) is 5.16. The number of anilines is 2. The molecule has 168 valence electrons. The van der Waals surface area contributed by atoms with Crippen LogP contribution in [0.1, 0.15) is 18.1 Å². The molecule has 0 unspecified atom stereocenters. The van der Waals surface area contributed by atoms with E-state index in [-0.39, 0.29) is 11.4 Å². The molecule has 6 nitrogen and oxygen atoms in total. The third-order valence-corrected chi connectivity index (χ3v) is 7.36. The second-order valence-corrected chi connectivity index (χ2v) is 9.96. The summed E-state index contributed by atoms with van der Waals surface area (Å²) in [5, 5.41) is 2.78. The van der Waals surface area contributed by atoms with E-state index in [0.717, 1.165) is 21.9 Å². The van der Waals surface area contributed by atoms with Crippen LogP contribution in [0.3, 0.4) is 0 Å². The Morgan fingerprint density at radius 3 is 2.25 bits per heavy atom. The number of nitrogens with zero attached hydrogens (tertiary/aromatic N) is 1. The minimum atomic E-state index is -4.03. The molecule has 0 heterocycles. The van der Waals surface area contributed by atoms with Crippen LogP contribution in [0.15, 0.2) is 76.1 Å². The molecule has 3 aromatic carbocycles. The molecular weight excluding hydrogens is 492 g/mol. The highest BCUT2D eigenvalue weighted by Gasteiger charge is 2.28. The molecule has 8 heteroatoms. The van der Waals surface area contributed by atoms with Crippen molar-refractivity contribution in [2.45, 2.75) is 25.2 Å². The highest BCUT2D eigenvalue weighted by Crippen LogP contribution is 2.31. The van der Waals surface area contributed by atoms with Crippen LogP contribution in [0.4, 0.5) is 11.4 Å². The van der Waals surface area contributed by atoms with Gasteiger partial charge in [0, 0.05) is 5.69 Å². The quantitative estimate of drug-likeness (QED) is 0.448. The summed E-state index contributed by atoms with van der Waals surface area (Å²) in [6.07, 6.45) is 0.894. The van der Waals surface area contributed by atoms with Crippen LogP contribution >= 0.6 is 15.9 Å². The Morgan fingerprint density at radius 1 is 1.03 bits per heavy atom. The number of halogens is 1. The van der Waals surface area contributed by atoms with E-state index < -0.39 is 15.9 Å². The fourth-order valence-electron chi connectivity index (χ4n) is 3.12. The average molecular weight is 517 g/mol. The summed E-state index contributed by atoms with van der Waals surface area (Å²) in [6, 6.07) is 19.0. The Kier molecular flexibility index (Phi) is 7.58. The lowest BCUT2D eigenvalue weighted by molar-refractivity contribution is -0.114. The molecule has 1 amide bonds. The number of sulfonamides is 1.